The third-order valence-electron chi connectivity index (χ3n) is 2.47. The van der Waals surface area contributed by atoms with E-state index in [0.717, 1.165) is 0 Å². The predicted molar refractivity (Wildman–Crippen MR) is 80.2 cm³/mol. The van der Waals surface area contributed by atoms with Gasteiger partial charge in [-0.3, -0.25) is 0 Å². The minimum Gasteiger partial charge on any atom is -0.399 e. The van der Waals surface area contributed by atoms with E-state index < -0.39 is 10.0 Å². The second-order valence-electron chi connectivity index (χ2n) is 3.94. The molecule has 0 aliphatic rings. The fourth-order valence-electron chi connectivity index (χ4n) is 1.44. The third kappa shape index (κ3) is 3.49. The van der Waals surface area contributed by atoms with Crippen LogP contribution < -0.4 is 10.6 Å². The molecule has 0 aliphatic heterocycles. The van der Waals surface area contributed by atoms with Gasteiger partial charge in [0.05, 0.1) is 11.1 Å². The Morgan fingerprint density at radius 3 is 2.40 bits per heavy atom. The maximum Gasteiger partial charge on any atom is 0.276 e. The third-order valence-corrected chi connectivity index (χ3v) is 4.05. The zero-order valence-corrected chi connectivity index (χ0v) is 11.9. The first-order valence-electron chi connectivity index (χ1n) is 5.64. The molecular weight excluding hydrogens is 298 g/mol. The van der Waals surface area contributed by atoms with Crippen molar-refractivity contribution in [3.63, 3.8) is 0 Å². The van der Waals surface area contributed by atoms with Crippen molar-refractivity contribution in [1.29, 1.82) is 0 Å². The van der Waals surface area contributed by atoms with Gasteiger partial charge in [-0.1, -0.05) is 29.8 Å². The standard InChI is InChI=1S/C13H12ClN3O2S/c14-13-4-2-1-3-10(13)9-16-17-20(18,19)12-7-5-11(15)6-8-12/h1-9,17H,15H2/b16-9-. The Hall–Kier alpha value is -2.05. The molecule has 0 heterocycles. The van der Waals surface area contributed by atoms with Gasteiger partial charge in [-0.05, 0) is 30.3 Å². The van der Waals surface area contributed by atoms with Crippen LogP contribution in [0.1, 0.15) is 5.56 Å². The summed E-state index contributed by atoms with van der Waals surface area (Å²) in [6.07, 6.45) is 1.34. The van der Waals surface area contributed by atoms with E-state index in [4.69, 9.17) is 17.3 Å². The van der Waals surface area contributed by atoms with Crippen molar-refractivity contribution >= 4 is 33.5 Å². The van der Waals surface area contributed by atoms with E-state index in [0.29, 0.717) is 16.3 Å². The number of rotatable bonds is 4. The molecule has 7 heteroatoms. The van der Waals surface area contributed by atoms with E-state index in [2.05, 4.69) is 9.93 Å². The number of sulfonamides is 1. The van der Waals surface area contributed by atoms with E-state index >= 15 is 0 Å². The van der Waals surface area contributed by atoms with Crippen molar-refractivity contribution < 1.29 is 8.42 Å². The number of halogens is 1. The molecule has 5 nitrogen and oxygen atoms in total. The summed E-state index contributed by atoms with van der Waals surface area (Å²) >= 11 is 5.93. The molecule has 0 unspecified atom stereocenters. The van der Waals surface area contributed by atoms with Crippen LogP contribution in [0.2, 0.25) is 5.02 Å². The molecular formula is C13H12ClN3O2S. The molecule has 20 heavy (non-hydrogen) atoms. The maximum atomic E-state index is 11.9. The van der Waals surface area contributed by atoms with Crippen molar-refractivity contribution in [2.45, 2.75) is 4.90 Å². The molecule has 104 valence electrons. The molecule has 0 saturated heterocycles. The Morgan fingerprint density at radius 2 is 1.75 bits per heavy atom. The molecule has 0 aliphatic carbocycles. The second-order valence-corrected chi connectivity index (χ2v) is 6.01. The van der Waals surface area contributed by atoms with Crippen molar-refractivity contribution in [2.24, 2.45) is 5.10 Å². The summed E-state index contributed by atoms with van der Waals surface area (Å²) in [5, 5.41) is 4.18. The molecule has 0 fully saturated rings. The van der Waals surface area contributed by atoms with E-state index in [-0.39, 0.29) is 4.90 Å². The minimum atomic E-state index is -3.71. The van der Waals surface area contributed by atoms with Gasteiger partial charge in [0.15, 0.2) is 0 Å². The number of nitrogens with zero attached hydrogens (tertiary/aromatic N) is 1. The van der Waals surface area contributed by atoms with Gasteiger partial charge in [-0.15, -0.1) is 0 Å². The number of hydrogen-bond donors (Lipinski definition) is 2. The smallest absolute Gasteiger partial charge is 0.276 e. The lowest BCUT2D eigenvalue weighted by Crippen LogP contribution is -2.18. The molecule has 0 saturated carbocycles. The van der Waals surface area contributed by atoms with Crippen LogP contribution in [0.25, 0.3) is 0 Å². The van der Waals surface area contributed by atoms with Crippen LogP contribution in [0, 0.1) is 0 Å². The number of anilines is 1. The van der Waals surface area contributed by atoms with Gasteiger partial charge in [0.2, 0.25) is 0 Å². The lowest BCUT2D eigenvalue weighted by Gasteiger charge is -2.03. The normalized spacial score (nSPS) is 11.7. The highest BCUT2D eigenvalue weighted by Gasteiger charge is 2.11. The lowest BCUT2D eigenvalue weighted by atomic mass is 10.2. The monoisotopic (exact) mass is 309 g/mol. The van der Waals surface area contributed by atoms with E-state index in [1.54, 1.807) is 24.3 Å². The van der Waals surface area contributed by atoms with Crippen LogP contribution in [0.5, 0.6) is 0 Å². The highest BCUT2D eigenvalue weighted by Crippen LogP contribution is 2.13. The Morgan fingerprint density at radius 1 is 1.10 bits per heavy atom. The van der Waals surface area contributed by atoms with Crippen molar-refractivity contribution in [3.05, 3.63) is 59.1 Å². The summed E-state index contributed by atoms with van der Waals surface area (Å²) in [6.45, 7) is 0. The fourth-order valence-corrected chi connectivity index (χ4v) is 2.42. The van der Waals surface area contributed by atoms with Crippen LogP contribution in [0.3, 0.4) is 0 Å². The first kappa shape index (κ1) is 14.4. The zero-order valence-electron chi connectivity index (χ0n) is 10.3. The highest BCUT2D eigenvalue weighted by molar-refractivity contribution is 7.89. The fraction of sp³-hybridized carbons (Fsp3) is 0. The van der Waals surface area contributed by atoms with Gasteiger partial charge in [-0.25, -0.2) is 4.83 Å². The molecule has 0 atom stereocenters. The van der Waals surface area contributed by atoms with Crippen LogP contribution in [-0.4, -0.2) is 14.6 Å². The first-order chi connectivity index (χ1) is 9.49. The molecule has 2 rings (SSSR count). The summed E-state index contributed by atoms with van der Waals surface area (Å²) in [5.41, 5.74) is 6.61. The lowest BCUT2D eigenvalue weighted by molar-refractivity contribution is 0.584. The number of nitrogens with two attached hydrogens (primary N) is 1. The quantitative estimate of drug-likeness (QED) is 0.516. The van der Waals surface area contributed by atoms with Crippen molar-refractivity contribution in [1.82, 2.24) is 4.83 Å². The number of nitrogen functional groups attached to an aromatic ring is 1. The summed E-state index contributed by atoms with van der Waals surface area (Å²) in [4.78, 5) is 2.20. The van der Waals surface area contributed by atoms with Crippen LogP contribution in [-0.2, 0) is 10.0 Å². The molecule has 0 amide bonds. The largest absolute Gasteiger partial charge is 0.399 e. The van der Waals surface area contributed by atoms with Crippen LogP contribution >= 0.6 is 11.6 Å². The molecule has 0 bridgehead atoms. The average Bonchev–Trinajstić information content (AvgIpc) is 2.41. The Labute approximate surface area is 122 Å². The number of nitrogens with one attached hydrogen (secondary N) is 1. The SMILES string of the molecule is Nc1ccc(S(=O)(=O)N/N=C\c2ccccc2Cl)cc1. The van der Waals surface area contributed by atoms with Gasteiger partial charge in [0.1, 0.15) is 0 Å². The molecule has 2 aromatic carbocycles. The van der Waals surface area contributed by atoms with Gasteiger partial charge in [0, 0.05) is 16.3 Å². The van der Waals surface area contributed by atoms with Crippen LogP contribution in [0.4, 0.5) is 5.69 Å². The zero-order chi connectivity index (χ0) is 14.6. The summed E-state index contributed by atoms with van der Waals surface area (Å²) in [5.74, 6) is 0. The van der Waals surface area contributed by atoms with Gasteiger partial charge in [-0.2, -0.15) is 13.5 Å². The van der Waals surface area contributed by atoms with Gasteiger partial charge in [0.25, 0.3) is 10.0 Å². The Balaban J connectivity index is 2.14. The number of hydrazone groups is 1. The van der Waals surface area contributed by atoms with Gasteiger partial charge >= 0.3 is 0 Å². The maximum absolute atomic E-state index is 11.9. The van der Waals surface area contributed by atoms with Crippen LogP contribution in [0.15, 0.2) is 58.5 Å². The molecule has 2 aromatic rings. The number of benzene rings is 2. The Bertz CT molecular complexity index is 728. The molecule has 0 radical (unpaired) electrons. The summed E-state index contributed by atoms with van der Waals surface area (Å²) < 4.78 is 23.8. The molecule has 0 aromatic heterocycles. The second kappa shape index (κ2) is 5.94. The molecule has 0 spiro atoms. The first-order valence-corrected chi connectivity index (χ1v) is 7.50. The minimum absolute atomic E-state index is 0.0861. The van der Waals surface area contributed by atoms with E-state index in [1.807, 2.05) is 0 Å². The summed E-state index contributed by atoms with van der Waals surface area (Å²) in [7, 11) is -3.71. The Kier molecular flexibility index (Phi) is 4.26. The summed E-state index contributed by atoms with van der Waals surface area (Å²) in [6, 6.07) is 12.8. The average molecular weight is 310 g/mol. The number of hydrogen-bond acceptors (Lipinski definition) is 4. The van der Waals surface area contributed by atoms with Crippen molar-refractivity contribution in [2.75, 3.05) is 5.73 Å². The molecule has 3 N–H and O–H groups in total. The van der Waals surface area contributed by atoms with Gasteiger partial charge < -0.3 is 5.73 Å². The highest BCUT2D eigenvalue weighted by atomic mass is 35.5. The van der Waals surface area contributed by atoms with E-state index in [1.165, 1.54) is 30.5 Å². The van der Waals surface area contributed by atoms with Crippen molar-refractivity contribution in [3.8, 4) is 0 Å². The van der Waals surface area contributed by atoms with E-state index in [9.17, 15) is 8.42 Å². The predicted octanol–water partition coefficient (Wildman–Crippen LogP) is 2.23. The topological polar surface area (TPSA) is 84.5 Å².